The van der Waals surface area contributed by atoms with Gasteiger partial charge in [0.1, 0.15) is 0 Å². The van der Waals surface area contributed by atoms with Gasteiger partial charge in [-0.1, -0.05) is 29.3 Å². The Kier molecular flexibility index (Phi) is 4.87. The van der Waals surface area contributed by atoms with Crippen LogP contribution in [0.4, 0.5) is 5.69 Å². The van der Waals surface area contributed by atoms with Gasteiger partial charge in [0.25, 0.3) is 0 Å². The van der Waals surface area contributed by atoms with Crippen LogP contribution in [-0.2, 0) is 11.2 Å². The van der Waals surface area contributed by atoms with Crippen LogP contribution in [0.1, 0.15) is 56.0 Å². The van der Waals surface area contributed by atoms with Gasteiger partial charge in [-0.05, 0) is 50.5 Å². The number of Topliss-reactive ketones (excluding diaryl/α,β-unsaturated/α-hetero) is 1. The maximum atomic E-state index is 12.3. The van der Waals surface area contributed by atoms with E-state index in [2.05, 4.69) is 22.9 Å². The third kappa shape index (κ3) is 3.54. The third-order valence-electron chi connectivity index (χ3n) is 3.82. The highest BCUT2D eigenvalue weighted by atomic mass is 79.9. The molecule has 0 unspecified atom stereocenters. The molecule has 0 aromatic heterocycles. The SMILES string of the molecule is CCCCC(=O)N1CCc2cc(C(=O)C(C)(C)Br)ccc21. The van der Waals surface area contributed by atoms with Gasteiger partial charge in [-0.25, -0.2) is 0 Å². The number of ketones is 1. The smallest absolute Gasteiger partial charge is 0.226 e. The fourth-order valence-electron chi connectivity index (χ4n) is 2.61. The van der Waals surface area contributed by atoms with Crippen LogP contribution in [0.3, 0.4) is 0 Å². The van der Waals surface area contributed by atoms with Crippen molar-refractivity contribution in [2.24, 2.45) is 0 Å². The van der Waals surface area contributed by atoms with E-state index in [1.54, 1.807) is 0 Å². The molecule has 3 nitrogen and oxygen atoms in total. The van der Waals surface area contributed by atoms with Gasteiger partial charge in [0.15, 0.2) is 5.78 Å². The Hall–Kier alpha value is -1.16. The summed E-state index contributed by atoms with van der Waals surface area (Å²) in [6.45, 7) is 6.52. The normalized spacial score (nSPS) is 14.2. The monoisotopic (exact) mass is 351 g/mol. The highest BCUT2D eigenvalue weighted by Gasteiger charge is 2.28. The number of nitrogens with zero attached hydrogens (tertiary/aromatic N) is 1. The van der Waals surface area contributed by atoms with Crippen LogP contribution in [0.25, 0.3) is 0 Å². The van der Waals surface area contributed by atoms with E-state index in [9.17, 15) is 9.59 Å². The Morgan fingerprint density at radius 3 is 2.67 bits per heavy atom. The Balaban J connectivity index is 2.21. The van der Waals surface area contributed by atoms with Gasteiger partial charge in [-0.2, -0.15) is 0 Å². The average molecular weight is 352 g/mol. The molecular formula is C17H22BrNO2. The third-order valence-corrected chi connectivity index (χ3v) is 4.18. The van der Waals surface area contributed by atoms with Crippen LogP contribution in [-0.4, -0.2) is 22.6 Å². The zero-order valence-corrected chi connectivity index (χ0v) is 14.5. The largest absolute Gasteiger partial charge is 0.312 e. The van der Waals surface area contributed by atoms with Crippen LogP contribution in [0, 0.1) is 0 Å². The number of hydrogen-bond donors (Lipinski definition) is 0. The average Bonchev–Trinajstić information content (AvgIpc) is 2.85. The summed E-state index contributed by atoms with van der Waals surface area (Å²) in [6.07, 6.45) is 3.39. The van der Waals surface area contributed by atoms with E-state index >= 15 is 0 Å². The fraction of sp³-hybridized carbons (Fsp3) is 0.529. The summed E-state index contributed by atoms with van der Waals surface area (Å²) in [7, 11) is 0. The maximum Gasteiger partial charge on any atom is 0.226 e. The number of halogens is 1. The second-order valence-corrected chi connectivity index (χ2v) is 8.03. The fourth-order valence-corrected chi connectivity index (χ4v) is 2.84. The minimum absolute atomic E-state index is 0.0704. The number of fused-ring (bicyclic) bond motifs is 1. The minimum atomic E-state index is -0.559. The van der Waals surface area contributed by atoms with Crippen LogP contribution in [0.5, 0.6) is 0 Å². The van der Waals surface area contributed by atoms with Gasteiger partial charge in [-0.15, -0.1) is 0 Å². The zero-order chi connectivity index (χ0) is 15.6. The van der Waals surface area contributed by atoms with E-state index in [1.807, 2.05) is 36.9 Å². The first-order valence-electron chi connectivity index (χ1n) is 7.51. The summed E-state index contributed by atoms with van der Waals surface area (Å²) in [4.78, 5) is 26.4. The van der Waals surface area contributed by atoms with Crippen LogP contribution in [0.2, 0.25) is 0 Å². The molecule has 0 saturated carbocycles. The van der Waals surface area contributed by atoms with Gasteiger partial charge in [0, 0.05) is 24.2 Å². The zero-order valence-electron chi connectivity index (χ0n) is 12.9. The predicted molar refractivity (Wildman–Crippen MR) is 89.4 cm³/mol. The second-order valence-electron chi connectivity index (χ2n) is 6.04. The van der Waals surface area contributed by atoms with Crippen molar-refractivity contribution >= 4 is 33.3 Å². The Bertz CT molecular complexity index is 560. The number of hydrogen-bond acceptors (Lipinski definition) is 2. The molecule has 0 radical (unpaired) electrons. The molecule has 2 rings (SSSR count). The summed E-state index contributed by atoms with van der Waals surface area (Å²) in [6, 6.07) is 5.68. The standard InChI is InChI=1S/C17H22BrNO2/c1-4-5-6-15(20)19-10-9-12-11-13(7-8-14(12)19)16(21)17(2,3)18/h7-8,11H,4-6,9-10H2,1-3H3. The molecule has 4 heteroatoms. The number of benzene rings is 1. The lowest BCUT2D eigenvalue weighted by atomic mass is 9.98. The molecule has 0 spiro atoms. The molecule has 0 N–H and O–H groups in total. The Labute approximate surface area is 134 Å². The van der Waals surface area contributed by atoms with Crippen molar-refractivity contribution in [3.05, 3.63) is 29.3 Å². The molecule has 21 heavy (non-hydrogen) atoms. The van der Waals surface area contributed by atoms with Crippen LogP contribution in [0.15, 0.2) is 18.2 Å². The number of amides is 1. The Morgan fingerprint density at radius 1 is 1.33 bits per heavy atom. The number of carbonyl (C=O) groups excluding carboxylic acids is 2. The van der Waals surface area contributed by atoms with Crippen molar-refractivity contribution in [2.45, 2.75) is 50.8 Å². The first kappa shape index (κ1) is 16.2. The topological polar surface area (TPSA) is 37.4 Å². The van der Waals surface area contributed by atoms with E-state index in [-0.39, 0.29) is 11.7 Å². The van der Waals surface area contributed by atoms with Gasteiger partial charge in [-0.3, -0.25) is 9.59 Å². The number of alkyl halides is 1. The molecule has 0 bridgehead atoms. The molecule has 114 valence electrons. The highest BCUT2D eigenvalue weighted by Crippen LogP contribution is 2.31. The predicted octanol–water partition coefficient (Wildman–Crippen LogP) is 4.12. The molecule has 1 amide bonds. The molecule has 0 fully saturated rings. The van der Waals surface area contributed by atoms with Crippen LogP contribution >= 0.6 is 15.9 Å². The molecule has 1 aliphatic rings. The summed E-state index contributed by atoms with van der Waals surface area (Å²) in [5.41, 5.74) is 2.78. The van der Waals surface area contributed by atoms with E-state index in [1.165, 1.54) is 0 Å². The summed E-state index contributed by atoms with van der Waals surface area (Å²) >= 11 is 3.41. The first-order chi connectivity index (χ1) is 9.84. The van der Waals surface area contributed by atoms with Crippen molar-refractivity contribution in [1.82, 2.24) is 0 Å². The maximum absolute atomic E-state index is 12.3. The number of unbranched alkanes of at least 4 members (excludes halogenated alkanes) is 1. The highest BCUT2D eigenvalue weighted by molar-refractivity contribution is 9.10. The summed E-state index contributed by atoms with van der Waals surface area (Å²) in [5.74, 6) is 0.261. The van der Waals surface area contributed by atoms with E-state index in [0.29, 0.717) is 12.0 Å². The molecule has 0 saturated heterocycles. The molecule has 0 aliphatic carbocycles. The van der Waals surface area contributed by atoms with Crippen molar-refractivity contribution in [1.29, 1.82) is 0 Å². The summed E-state index contributed by atoms with van der Waals surface area (Å²) in [5, 5.41) is 0. The lowest BCUT2D eigenvalue weighted by molar-refractivity contribution is -0.118. The van der Waals surface area contributed by atoms with Crippen molar-refractivity contribution in [3.63, 3.8) is 0 Å². The van der Waals surface area contributed by atoms with Gasteiger partial charge >= 0.3 is 0 Å². The Morgan fingerprint density at radius 2 is 2.05 bits per heavy atom. The molecule has 0 atom stereocenters. The van der Waals surface area contributed by atoms with Gasteiger partial charge in [0.2, 0.25) is 5.91 Å². The van der Waals surface area contributed by atoms with E-state index in [0.717, 1.165) is 37.1 Å². The van der Waals surface area contributed by atoms with Gasteiger partial charge in [0.05, 0.1) is 4.32 Å². The quantitative estimate of drug-likeness (QED) is 0.590. The van der Waals surface area contributed by atoms with Crippen LogP contribution < -0.4 is 4.90 Å². The van der Waals surface area contributed by atoms with Crippen molar-refractivity contribution < 1.29 is 9.59 Å². The van der Waals surface area contributed by atoms with E-state index < -0.39 is 4.32 Å². The molecular weight excluding hydrogens is 330 g/mol. The first-order valence-corrected chi connectivity index (χ1v) is 8.31. The number of anilines is 1. The molecule has 1 aromatic rings. The number of carbonyl (C=O) groups is 2. The van der Waals surface area contributed by atoms with Crippen molar-refractivity contribution in [2.75, 3.05) is 11.4 Å². The summed E-state index contributed by atoms with van der Waals surface area (Å²) < 4.78 is -0.559. The molecule has 1 aromatic carbocycles. The molecule has 1 aliphatic heterocycles. The van der Waals surface area contributed by atoms with E-state index in [4.69, 9.17) is 0 Å². The van der Waals surface area contributed by atoms with Gasteiger partial charge < -0.3 is 4.90 Å². The second kappa shape index (κ2) is 6.30. The lowest BCUT2D eigenvalue weighted by Crippen LogP contribution is -2.28. The number of rotatable bonds is 5. The molecule has 1 heterocycles. The lowest BCUT2D eigenvalue weighted by Gasteiger charge is -2.18. The van der Waals surface area contributed by atoms with Crippen molar-refractivity contribution in [3.8, 4) is 0 Å². The minimum Gasteiger partial charge on any atom is -0.312 e.